The third-order valence-corrected chi connectivity index (χ3v) is 2.98. The molecule has 4 nitrogen and oxygen atoms in total. The van der Waals surface area contributed by atoms with E-state index in [0.29, 0.717) is 5.88 Å². The van der Waals surface area contributed by atoms with Crippen LogP contribution in [0.4, 0.5) is 5.95 Å². The van der Waals surface area contributed by atoms with Crippen molar-refractivity contribution >= 4 is 17.5 Å². The highest BCUT2D eigenvalue weighted by Crippen LogP contribution is 2.26. The summed E-state index contributed by atoms with van der Waals surface area (Å²) in [5.41, 5.74) is 0.893. The highest BCUT2D eigenvalue weighted by molar-refractivity contribution is 6.17. The molecule has 1 fully saturated rings. The summed E-state index contributed by atoms with van der Waals surface area (Å²) in [4.78, 5) is 10.6. The molecule has 0 saturated carbocycles. The van der Waals surface area contributed by atoms with Crippen molar-refractivity contribution in [2.24, 2.45) is 0 Å². The highest BCUT2D eigenvalue weighted by Gasteiger charge is 2.40. The first-order valence-corrected chi connectivity index (χ1v) is 5.37. The third-order valence-electron chi connectivity index (χ3n) is 2.67. The lowest BCUT2D eigenvalue weighted by atomic mass is 9.97. The molecular formula is C10H14ClN3O. The van der Waals surface area contributed by atoms with Gasteiger partial charge in [-0.05, 0) is 6.92 Å². The smallest absolute Gasteiger partial charge is 0.225 e. The molecule has 0 aliphatic carbocycles. The van der Waals surface area contributed by atoms with Crippen molar-refractivity contribution in [3.05, 3.63) is 18.0 Å². The highest BCUT2D eigenvalue weighted by atomic mass is 35.5. The first-order valence-electron chi connectivity index (χ1n) is 4.84. The van der Waals surface area contributed by atoms with Gasteiger partial charge < -0.3 is 9.64 Å². The lowest BCUT2D eigenvalue weighted by molar-refractivity contribution is -0.0175. The fourth-order valence-electron chi connectivity index (χ4n) is 1.61. The second-order valence-electron chi connectivity index (χ2n) is 4.04. The Morgan fingerprint density at radius 2 is 2.07 bits per heavy atom. The first-order chi connectivity index (χ1) is 7.17. The van der Waals surface area contributed by atoms with Crippen LogP contribution in [-0.2, 0) is 10.6 Å². The summed E-state index contributed by atoms with van der Waals surface area (Å²) in [5.74, 6) is 1.20. The molecule has 1 aromatic rings. The van der Waals surface area contributed by atoms with Crippen LogP contribution in [0.1, 0.15) is 12.5 Å². The minimum Gasteiger partial charge on any atom is -0.375 e. The van der Waals surface area contributed by atoms with Crippen LogP contribution < -0.4 is 4.90 Å². The second-order valence-corrected chi connectivity index (χ2v) is 4.30. The van der Waals surface area contributed by atoms with Gasteiger partial charge in [0.25, 0.3) is 0 Å². The van der Waals surface area contributed by atoms with Crippen LogP contribution in [0.3, 0.4) is 0 Å². The van der Waals surface area contributed by atoms with Crippen LogP contribution in [0.5, 0.6) is 0 Å². The van der Waals surface area contributed by atoms with Crippen molar-refractivity contribution in [2.75, 3.05) is 25.1 Å². The SMILES string of the molecule is COC1(C)CN(c2ncc(CCl)cn2)C1. The minimum atomic E-state index is -0.0471. The zero-order chi connectivity index (χ0) is 10.9. The van der Waals surface area contributed by atoms with Gasteiger partial charge in [-0.15, -0.1) is 11.6 Å². The van der Waals surface area contributed by atoms with E-state index in [0.717, 1.165) is 24.6 Å². The number of alkyl halides is 1. The molecular weight excluding hydrogens is 214 g/mol. The number of hydrogen-bond acceptors (Lipinski definition) is 4. The van der Waals surface area contributed by atoms with Crippen molar-refractivity contribution in [2.45, 2.75) is 18.4 Å². The molecule has 0 spiro atoms. The van der Waals surface area contributed by atoms with Gasteiger partial charge >= 0.3 is 0 Å². The van der Waals surface area contributed by atoms with Gasteiger partial charge in [-0.1, -0.05) is 0 Å². The number of aromatic nitrogens is 2. The summed E-state index contributed by atoms with van der Waals surface area (Å²) in [5, 5.41) is 0. The summed E-state index contributed by atoms with van der Waals surface area (Å²) in [6.45, 7) is 3.75. The van der Waals surface area contributed by atoms with Crippen molar-refractivity contribution < 1.29 is 4.74 Å². The van der Waals surface area contributed by atoms with Crippen LogP contribution in [0.25, 0.3) is 0 Å². The van der Waals surface area contributed by atoms with Crippen LogP contribution in [-0.4, -0.2) is 35.8 Å². The number of anilines is 1. The molecule has 0 unspecified atom stereocenters. The van der Waals surface area contributed by atoms with E-state index in [9.17, 15) is 0 Å². The van der Waals surface area contributed by atoms with E-state index in [4.69, 9.17) is 16.3 Å². The molecule has 1 aliphatic heterocycles. The second kappa shape index (κ2) is 3.94. The number of halogens is 1. The Balaban J connectivity index is 2.01. The minimum absolute atomic E-state index is 0.0471. The van der Waals surface area contributed by atoms with Gasteiger partial charge in [0.2, 0.25) is 5.95 Å². The predicted molar refractivity (Wildman–Crippen MR) is 59.2 cm³/mol. The number of rotatable bonds is 3. The molecule has 1 aliphatic rings. The maximum atomic E-state index is 5.66. The average molecular weight is 228 g/mol. The van der Waals surface area contributed by atoms with E-state index in [2.05, 4.69) is 21.8 Å². The number of hydrogen-bond donors (Lipinski definition) is 0. The summed E-state index contributed by atoms with van der Waals surface area (Å²) in [7, 11) is 1.73. The summed E-state index contributed by atoms with van der Waals surface area (Å²) < 4.78 is 5.35. The van der Waals surface area contributed by atoms with Gasteiger partial charge in [-0.25, -0.2) is 9.97 Å². The molecule has 15 heavy (non-hydrogen) atoms. The number of nitrogens with zero attached hydrogens (tertiary/aromatic N) is 3. The van der Waals surface area contributed by atoms with E-state index in [1.54, 1.807) is 19.5 Å². The molecule has 0 N–H and O–H groups in total. The van der Waals surface area contributed by atoms with Crippen LogP contribution in [0.15, 0.2) is 12.4 Å². The van der Waals surface area contributed by atoms with E-state index in [1.807, 2.05) is 0 Å². The molecule has 0 aromatic carbocycles. The Morgan fingerprint density at radius 1 is 1.47 bits per heavy atom. The largest absolute Gasteiger partial charge is 0.375 e. The fourth-order valence-corrected chi connectivity index (χ4v) is 1.75. The third kappa shape index (κ3) is 2.06. The lowest BCUT2D eigenvalue weighted by Crippen LogP contribution is -2.61. The lowest BCUT2D eigenvalue weighted by Gasteiger charge is -2.46. The van der Waals surface area contributed by atoms with Gasteiger partial charge in [0.15, 0.2) is 0 Å². The van der Waals surface area contributed by atoms with Gasteiger partial charge in [0, 0.05) is 25.1 Å². The standard InChI is InChI=1S/C10H14ClN3O/c1-10(15-2)6-14(7-10)9-12-4-8(3-11)5-13-9/h4-5H,3,6-7H2,1-2H3. The van der Waals surface area contributed by atoms with E-state index >= 15 is 0 Å². The number of methoxy groups -OCH3 is 1. The van der Waals surface area contributed by atoms with Crippen LogP contribution in [0, 0.1) is 0 Å². The molecule has 0 atom stereocenters. The first kappa shape index (κ1) is 10.6. The molecule has 0 radical (unpaired) electrons. The maximum Gasteiger partial charge on any atom is 0.225 e. The predicted octanol–water partition coefficient (Wildman–Crippen LogP) is 1.44. The summed E-state index contributed by atoms with van der Waals surface area (Å²) in [6, 6.07) is 0. The number of ether oxygens (including phenoxy) is 1. The molecule has 2 heterocycles. The average Bonchev–Trinajstić information content (AvgIpc) is 2.25. The Kier molecular flexibility index (Phi) is 2.80. The summed E-state index contributed by atoms with van der Waals surface area (Å²) in [6.07, 6.45) is 3.52. The van der Waals surface area contributed by atoms with Gasteiger partial charge in [0.1, 0.15) is 5.60 Å². The molecule has 82 valence electrons. The molecule has 0 bridgehead atoms. The topological polar surface area (TPSA) is 38.2 Å². The molecule has 0 amide bonds. The zero-order valence-electron chi connectivity index (χ0n) is 8.90. The quantitative estimate of drug-likeness (QED) is 0.733. The Bertz CT molecular complexity index is 335. The molecule has 5 heteroatoms. The zero-order valence-corrected chi connectivity index (χ0v) is 9.66. The van der Waals surface area contributed by atoms with Crippen molar-refractivity contribution in [1.29, 1.82) is 0 Å². The van der Waals surface area contributed by atoms with E-state index in [1.165, 1.54) is 0 Å². The van der Waals surface area contributed by atoms with Gasteiger partial charge in [-0.2, -0.15) is 0 Å². The van der Waals surface area contributed by atoms with Crippen molar-refractivity contribution in [3.63, 3.8) is 0 Å². The van der Waals surface area contributed by atoms with Gasteiger partial charge in [0.05, 0.1) is 19.0 Å². The normalized spacial score (nSPS) is 18.7. The Labute approximate surface area is 94.2 Å². The Hall–Kier alpha value is -0.870. The summed E-state index contributed by atoms with van der Waals surface area (Å²) >= 11 is 5.66. The van der Waals surface area contributed by atoms with Crippen molar-refractivity contribution in [3.8, 4) is 0 Å². The van der Waals surface area contributed by atoms with Crippen LogP contribution in [0.2, 0.25) is 0 Å². The molecule has 1 aromatic heterocycles. The monoisotopic (exact) mass is 227 g/mol. The van der Waals surface area contributed by atoms with Crippen LogP contribution >= 0.6 is 11.6 Å². The molecule has 1 saturated heterocycles. The Morgan fingerprint density at radius 3 is 2.53 bits per heavy atom. The van der Waals surface area contributed by atoms with Crippen molar-refractivity contribution in [1.82, 2.24) is 9.97 Å². The fraction of sp³-hybridized carbons (Fsp3) is 0.600. The maximum absolute atomic E-state index is 5.66. The van der Waals surface area contributed by atoms with E-state index < -0.39 is 0 Å². The molecule has 2 rings (SSSR count). The van der Waals surface area contributed by atoms with E-state index in [-0.39, 0.29) is 5.60 Å². The van der Waals surface area contributed by atoms with Gasteiger partial charge in [-0.3, -0.25) is 0 Å².